The molecule has 0 radical (unpaired) electrons. The van der Waals surface area contributed by atoms with Gasteiger partial charge in [-0.25, -0.2) is 4.79 Å². The fourth-order valence-corrected chi connectivity index (χ4v) is 1.33. The Morgan fingerprint density at radius 1 is 1.31 bits per heavy atom. The van der Waals surface area contributed by atoms with Crippen molar-refractivity contribution in [2.75, 3.05) is 6.54 Å². The van der Waals surface area contributed by atoms with Crippen LogP contribution in [0.15, 0.2) is 35.5 Å². The molecule has 5 nitrogen and oxygen atoms in total. The second-order valence-corrected chi connectivity index (χ2v) is 3.25. The van der Waals surface area contributed by atoms with Gasteiger partial charge in [0.2, 0.25) is 0 Å². The lowest BCUT2D eigenvalue weighted by Crippen LogP contribution is -2.22. The van der Waals surface area contributed by atoms with Crippen molar-refractivity contribution < 1.29 is 15.1 Å². The molecule has 1 aromatic rings. The van der Waals surface area contributed by atoms with Crippen molar-refractivity contribution in [3.8, 4) is 0 Å². The van der Waals surface area contributed by atoms with Crippen LogP contribution in [-0.2, 0) is 0 Å². The van der Waals surface area contributed by atoms with Crippen LogP contribution in [0.4, 0.5) is 4.79 Å². The van der Waals surface area contributed by atoms with E-state index in [-0.39, 0.29) is 0 Å². The SMILES string of the molecule is O=C(O)NCCCC(=NO)c1ccccc1. The zero-order valence-corrected chi connectivity index (χ0v) is 8.76. The van der Waals surface area contributed by atoms with Gasteiger partial charge in [-0.3, -0.25) is 0 Å². The molecule has 0 aromatic heterocycles. The summed E-state index contributed by atoms with van der Waals surface area (Å²) in [5.74, 6) is 0. The molecule has 1 aromatic carbocycles. The third kappa shape index (κ3) is 4.00. The Morgan fingerprint density at radius 2 is 2.00 bits per heavy atom. The number of hydrogen-bond donors (Lipinski definition) is 3. The van der Waals surface area contributed by atoms with E-state index in [1.807, 2.05) is 30.3 Å². The zero-order valence-electron chi connectivity index (χ0n) is 8.76. The Labute approximate surface area is 93.4 Å². The van der Waals surface area contributed by atoms with Crippen molar-refractivity contribution in [2.24, 2.45) is 5.16 Å². The van der Waals surface area contributed by atoms with E-state index in [2.05, 4.69) is 10.5 Å². The van der Waals surface area contributed by atoms with Gasteiger partial charge in [0.05, 0.1) is 5.71 Å². The fraction of sp³-hybridized carbons (Fsp3) is 0.273. The highest BCUT2D eigenvalue weighted by Crippen LogP contribution is 2.05. The molecule has 0 aliphatic carbocycles. The summed E-state index contributed by atoms with van der Waals surface area (Å²) in [5.41, 5.74) is 1.41. The number of hydrogen-bond acceptors (Lipinski definition) is 3. The standard InChI is InChI=1S/C11H14N2O3/c14-11(15)12-8-4-7-10(13-16)9-5-2-1-3-6-9/h1-3,5-6,12,16H,4,7-8H2,(H,14,15). The van der Waals surface area contributed by atoms with Gasteiger partial charge in [0.25, 0.3) is 0 Å². The number of nitrogens with zero attached hydrogens (tertiary/aromatic N) is 1. The van der Waals surface area contributed by atoms with Crippen LogP contribution in [-0.4, -0.2) is 28.7 Å². The summed E-state index contributed by atoms with van der Waals surface area (Å²) in [5, 5.41) is 22.7. The molecule has 0 aliphatic rings. The summed E-state index contributed by atoms with van der Waals surface area (Å²) in [6, 6.07) is 9.29. The number of benzene rings is 1. The highest BCUT2D eigenvalue weighted by Gasteiger charge is 2.03. The second kappa shape index (κ2) is 6.44. The number of carboxylic acid groups (broad SMARTS) is 1. The molecule has 5 heteroatoms. The molecule has 0 saturated carbocycles. The first-order valence-electron chi connectivity index (χ1n) is 4.97. The third-order valence-corrected chi connectivity index (χ3v) is 2.09. The second-order valence-electron chi connectivity index (χ2n) is 3.25. The van der Waals surface area contributed by atoms with Gasteiger partial charge in [-0.05, 0) is 18.4 Å². The molecule has 1 amide bonds. The Bertz CT molecular complexity index is 363. The third-order valence-electron chi connectivity index (χ3n) is 2.09. The number of amides is 1. The van der Waals surface area contributed by atoms with Crippen molar-refractivity contribution in [1.29, 1.82) is 0 Å². The van der Waals surface area contributed by atoms with Crippen LogP contribution in [0.2, 0.25) is 0 Å². The van der Waals surface area contributed by atoms with Gasteiger partial charge in [0, 0.05) is 6.54 Å². The minimum absolute atomic E-state index is 0.348. The average Bonchev–Trinajstić information content (AvgIpc) is 2.30. The maximum Gasteiger partial charge on any atom is 0.404 e. The van der Waals surface area contributed by atoms with Gasteiger partial charge < -0.3 is 15.6 Å². The normalized spacial score (nSPS) is 11.1. The van der Waals surface area contributed by atoms with E-state index in [0.29, 0.717) is 25.1 Å². The van der Waals surface area contributed by atoms with Gasteiger partial charge in [-0.1, -0.05) is 35.5 Å². The van der Waals surface area contributed by atoms with Crippen molar-refractivity contribution in [3.05, 3.63) is 35.9 Å². The van der Waals surface area contributed by atoms with Crippen LogP contribution in [0.1, 0.15) is 18.4 Å². The van der Waals surface area contributed by atoms with Gasteiger partial charge >= 0.3 is 6.09 Å². The van der Waals surface area contributed by atoms with Crippen molar-refractivity contribution in [2.45, 2.75) is 12.8 Å². The molecule has 0 heterocycles. The summed E-state index contributed by atoms with van der Waals surface area (Å²) >= 11 is 0. The van der Waals surface area contributed by atoms with Crippen LogP contribution in [0.25, 0.3) is 0 Å². The summed E-state index contributed by atoms with van der Waals surface area (Å²) in [6.07, 6.45) is 0.0867. The first-order chi connectivity index (χ1) is 7.74. The smallest absolute Gasteiger partial charge is 0.404 e. The van der Waals surface area contributed by atoms with Crippen LogP contribution in [0.5, 0.6) is 0 Å². The summed E-state index contributed by atoms with van der Waals surface area (Å²) in [6.45, 7) is 0.348. The Morgan fingerprint density at radius 3 is 2.56 bits per heavy atom. The van der Waals surface area contributed by atoms with Gasteiger partial charge in [0.15, 0.2) is 0 Å². The average molecular weight is 222 g/mol. The molecule has 0 bridgehead atoms. The maximum atomic E-state index is 10.2. The summed E-state index contributed by atoms with van der Waals surface area (Å²) < 4.78 is 0. The van der Waals surface area contributed by atoms with Crippen molar-refractivity contribution >= 4 is 11.8 Å². The Kier molecular flexibility index (Phi) is 4.85. The van der Waals surface area contributed by atoms with Gasteiger partial charge in [-0.15, -0.1) is 0 Å². The quantitative estimate of drug-likeness (QED) is 0.308. The summed E-state index contributed by atoms with van der Waals surface area (Å²) in [4.78, 5) is 10.2. The van der Waals surface area contributed by atoms with Crippen LogP contribution < -0.4 is 5.32 Å². The predicted octanol–water partition coefficient (Wildman–Crippen LogP) is 1.91. The van der Waals surface area contributed by atoms with Gasteiger partial charge in [-0.2, -0.15) is 0 Å². The monoisotopic (exact) mass is 222 g/mol. The van der Waals surface area contributed by atoms with E-state index in [0.717, 1.165) is 5.56 Å². The van der Waals surface area contributed by atoms with E-state index >= 15 is 0 Å². The molecule has 0 aliphatic heterocycles. The lowest BCUT2D eigenvalue weighted by Gasteiger charge is -2.04. The molecular formula is C11H14N2O3. The lowest BCUT2D eigenvalue weighted by molar-refractivity contribution is 0.194. The van der Waals surface area contributed by atoms with Crippen molar-refractivity contribution in [1.82, 2.24) is 5.32 Å². The number of rotatable bonds is 5. The van der Waals surface area contributed by atoms with E-state index in [1.165, 1.54) is 0 Å². The molecule has 1 rings (SSSR count). The van der Waals surface area contributed by atoms with Crippen LogP contribution in [0.3, 0.4) is 0 Å². The molecule has 0 atom stereocenters. The van der Waals surface area contributed by atoms with Crippen LogP contribution >= 0.6 is 0 Å². The van der Waals surface area contributed by atoms with Crippen LogP contribution in [0, 0.1) is 0 Å². The largest absolute Gasteiger partial charge is 0.465 e. The Hall–Kier alpha value is -2.04. The highest BCUT2D eigenvalue weighted by atomic mass is 16.4. The fourth-order valence-electron chi connectivity index (χ4n) is 1.33. The number of nitrogens with one attached hydrogen (secondary N) is 1. The maximum absolute atomic E-state index is 10.2. The van der Waals surface area contributed by atoms with E-state index in [1.54, 1.807) is 0 Å². The zero-order chi connectivity index (χ0) is 11.8. The molecular weight excluding hydrogens is 208 g/mol. The molecule has 16 heavy (non-hydrogen) atoms. The first kappa shape index (κ1) is 12.0. The minimum atomic E-state index is -1.04. The Balaban J connectivity index is 2.43. The van der Waals surface area contributed by atoms with Gasteiger partial charge in [0.1, 0.15) is 0 Å². The number of carbonyl (C=O) groups is 1. The number of oxime groups is 1. The molecule has 0 saturated heterocycles. The molecule has 0 fully saturated rings. The predicted molar refractivity (Wildman–Crippen MR) is 60.0 cm³/mol. The molecule has 86 valence electrons. The topological polar surface area (TPSA) is 81.9 Å². The van der Waals surface area contributed by atoms with E-state index in [4.69, 9.17) is 10.3 Å². The lowest BCUT2D eigenvalue weighted by atomic mass is 10.1. The molecule has 0 spiro atoms. The van der Waals surface area contributed by atoms with E-state index < -0.39 is 6.09 Å². The highest BCUT2D eigenvalue weighted by molar-refractivity contribution is 6.00. The minimum Gasteiger partial charge on any atom is -0.465 e. The summed E-state index contributed by atoms with van der Waals surface area (Å²) in [7, 11) is 0. The van der Waals surface area contributed by atoms with Crippen molar-refractivity contribution in [3.63, 3.8) is 0 Å². The van der Waals surface area contributed by atoms with E-state index in [9.17, 15) is 4.79 Å². The first-order valence-corrected chi connectivity index (χ1v) is 4.97. The molecule has 3 N–H and O–H groups in total. The molecule has 0 unspecified atom stereocenters.